The predicted octanol–water partition coefficient (Wildman–Crippen LogP) is 4.61. The van der Waals surface area contributed by atoms with Crippen molar-refractivity contribution in [2.45, 2.75) is 12.5 Å². The molecule has 0 spiro atoms. The van der Waals surface area contributed by atoms with Crippen LogP contribution in [0, 0.1) is 0 Å². The van der Waals surface area contributed by atoms with Crippen molar-refractivity contribution in [2.75, 3.05) is 0 Å². The maximum atomic E-state index is 6.07. The highest BCUT2D eigenvalue weighted by Crippen LogP contribution is 2.36. The highest BCUT2D eigenvalue weighted by molar-refractivity contribution is 9.10. The molecule has 96 valence electrons. The fraction of sp³-hybridized carbons (Fsp3) is 0.133. The van der Waals surface area contributed by atoms with E-state index in [4.69, 9.17) is 4.74 Å². The van der Waals surface area contributed by atoms with Gasteiger partial charge < -0.3 is 4.74 Å². The Morgan fingerprint density at radius 1 is 1.16 bits per heavy atom. The maximum absolute atomic E-state index is 6.07. The van der Waals surface area contributed by atoms with Crippen molar-refractivity contribution in [1.29, 1.82) is 0 Å². The lowest BCUT2D eigenvalue weighted by molar-refractivity contribution is 0.206. The van der Waals surface area contributed by atoms with E-state index in [0.29, 0.717) is 0 Å². The molecule has 1 heterocycles. The second-order valence-electron chi connectivity index (χ2n) is 4.41. The van der Waals surface area contributed by atoms with Crippen LogP contribution in [0.1, 0.15) is 23.7 Å². The van der Waals surface area contributed by atoms with Crippen LogP contribution in [0.5, 0.6) is 5.75 Å². The first-order valence-electron chi connectivity index (χ1n) is 6.00. The molecule has 0 N–H and O–H groups in total. The van der Waals surface area contributed by atoms with E-state index < -0.39 is 0 Å². The molecule has 0 radical (unpaired) electrons. The van der Waals surface area contributed by atoms with Crippen LogP contribution in [-0.2, 0) is 0 Å². The van der Waals surface area contributed by atoms with Crippen LogP contribution in [0.15, 0.2) is 57.4 Å². The number of nitrogens with zero attached hydrogens (tertiary/aromatic N) is 1. The molecule has 0 amide bonds. The minimum absolute atomic E-state index is 0.000718. The van der Waals surface area contributed by atoms with Gasteiger partial charge in [0.05, 0.1) is 5.71 Å². The van der Waals surface area contributed by atoms with E-state index in [1.54, 1.807) is 0 Å². The lowest BCUT2D eigenvalue weighted by atomic mass is 9.96. The lowest BCUT2D eigenvalue weighted by Gasteiger charge is -2.27. The molecule has 1 unspecified atom stereocenters. The third-order valence-electron chi connectivity index (χ3n) is 3.19. The topological polar surface area (TPSA) is 21.6 Å². The number of hydrogen-bond acceptors (Lipinski definition) is 3. The van der Waals surface area contributed by atoms with Gasteiger partial charge in [-0.3, -0.25) is 0 Å². The largest absolute Gasteiger partial charge is 0.485 e. The second-order valence-corrected chi connectivity index (χ2v) is 5.52. The molecule has 4 heteroatoms. The summed E-state index contributed by atoms with van der Waals surface area (Å²) in [6.45, 7) is 0. The summed E-state index contributed by atoms with van der Waals surface area (Å²) in [6, 6.07) is 16.2. The molecule has 0 saturated heterocycles. The number of rotatable bonds is 1. The quantitative estimate of drug-likeness (QED) is 0.756. The molecule has 0 bridgehead atoms. The molecule has 2 aromatic rings. The number of halogens is 1. The number of fused-ring (bicyclic) bond motifs is 1. The highest BCUT2D eigenvalue weighted by Gasteiger charge is 2.26. The van der Waals surface area contributed by atoms with Gasteiger partial charge in [0.25, 0.3) is 0 Å². The summed E-state index contributed by atoms with van der Waals surface area (Å²) in [7, 11) is 0. The minimum atomic E-state index is 0.000718. The zero-order valence-electron chi connectivity index (χ0n) is 10.1. The van der Waals surface area contributed by atoms with Crippen LogP contribution in [0.2, 0.25) is 0 Å². The first-order chi connectivity index (χ1) is 9.28. The average molecular weight is 334 g/mol. The molecule has 0 saturated carbocycles. The fourth-order valence-corrected chi connectivity index (χ4v) is 2.81. The van der Waals surface area contributed by atoms with Gasteiger partial charge in [0.1, 0.15) is 11.9 Å². The Kier molecular flexibility index (Phi) is 3.62. The molecule has 1 atom stereocenters. The Hall–Kier alpha value is -1.26. The van der Waals surface area contributed by atoms with Gasteiger partial charge in [0.2, 0.25) is 0 Å². The molecule has 0 fully saturated rings. The summed E-state index contributed by atoms with van der Waals surface area (Å²) in [6.07, 6.45) is 0.734. The molecule has 19 heavy (non-hydrogen) atoms. The smallest absolute Gasteiger partial charge is 0.129 e. The van der Waals surface area contributed by atoms with Crippen LogP contribution in [0.4, 0.5) is 0 Å². The summed E-state index contributed by atoms with van der Waals surface area (Å²) in [5.74, 6) is 0.858. The molecule has 2 aromatic carbocycles. The standard InChI is InChI=1S/C15H12BrNOS/c16-11-6-7-14-12(8-11)13(17-19)9-15(18-14)10-4-2-1-3-5-10/h1-8,15,19H,9H2/b17-13+. The van der Waals surface area contributed by atoms with Crippen molar-refractivity contribution >= 4 is 34.5 Å². The Morgan fingerprint density at radius 2 is 1.95 bits per heavy atom. The van der Waals surface area contributed by atoms with Gasteiger partial charge in [0.15, 0.2) is 0 Å². The van der Waals surface area contributed by atoms with Crippen molar-refractivity contribution in [2.24, 2.45) is 4.40 Å². The number of ether oxygens (including phenoxy) is 1. The van der Waals surface area contributed by atoms with Crippen molar-refractivity contribution in [3.05, 3.63) is 64.1 Å². The van der Waals surface area contributed by atoms with Crippen LogP contribution >= 0.6 is 28.7 Å². The van der Waals surface area contributed by atoms with Crippen LogP contribution in [-0.4, -0.2) is 5.71 Å². The number of thiol groups is 1. The first kappa shape index (κ1) is 12.8. The van der Waals surface area contributed by atoms with Crippen LogP contribution in [0.25, 0.3) is 0 Å². The third-order valence-corrected chi connectivity index (χ3v) is 3.93. The van der Waals surface area contributed by atoms with E-state index in [-0.39, 0.29) is 6.10 Å². The van der Waals surface area contributed by atoms with Gasteiger partial charge in [-0.05, 0) is 36.6 Å². The molecule has 1 aliphatic rings. The van der Waals surface area contributed by atoms with Gasteiger partial charge >= 0.3 is 0 Å². The monoisotopic (exact) mass is 333 g/mol. The summed E-state index contributed by atoms with van der Waals surface area (Å²) in [4.78, 5) is 0. The van der Waals surface area contributed by atoms with Crippen molar-refractivity contribution < 1.29 is 4.74 Å². The van der Waals surface area contributed by atoms with Crippen LogP contribution < -0.4 is 4.74 Å². The molecule has 3 rings (SSSR count). The van der Waals surface area contributed by atoms with Gasteiger partial charge in [-0.1, -0.05) is 46.3 Å². The fourth-order valence-electron chi connectivity index (χ4n) is 2.26. The van der Waals surface area contributed by atoms with E-state index in [0.717, 1.165) is 33.5 Å². The van der Waals surface area contributed by atoms with Gasteiger partial charge in [0, 0.05) is 16.5 Å². The summed E-state index contributed by atoms with van der Waals surface area (Å²) >= 11 is 7.56. The van der Waals surface area contributed by atoms with E-state index in [1.165, 1.54) is 0 Å². The van der Waals surface area contributed by atoms with E-state index in [2.05, 4.69) is 45.3 Å². The van der Waals surface area contributed by atoms with E-state index in [1.807, 2.05) is 36.4 Å². The zero-order chi connectivity index (χ0) is 13.2. The normalized spacial score (nSPS) is 19.9. The Balaban J connectivity index is 2.01. The molecular weight excluding hydrogens is 322 g/mol. The van der Waals surface area contributed by atoms with E-state index >= 15 is 0 Å². The van der Waals surface area contributed by atoms with Crippen molar-refractivity contribution in [3.8, 4) is 5.75 Å². The molecular formula is C15H12BrNOS. The van der Waals surface area contributed by atoms with Gasteiger partial charge in [-0.15, -0.1) is 0 Å². The van der Waals surface area contributed by atoms with Crippen LogP contribution in [0.3, 0.4) is 0 Å². The van der Waals surface area contributed by atoms with Gasteiger partial charge in [-0.25, -0.2) is 4.40 Å². The first-order valence-corrected chi connectivity index (χ1v) is 7.19. The minimum Gasteiger partial charge on any atom is -0.485 e. The van der Waals surface area contributed by atoms with E-state index in [9.17, 15) is 0 Å². The molecule has 1 aliphatic heterocycles. The number of benzene rings is 2. The number of hydrogen-bond donors (Lipinski definition) is 1. The SMILES string of the molecule is S/N=C1\CC(c2ccccc2)Oc2ccc(Br)cc21. The third kappa shape index (κ3) is 2.55. The Labute approximate surface area is 126 Å². The Morgan fingerprint density at radius 3 is 2.68 bits per heavy atom. The molecule has 0 aromatic heterocycles. The second kappa shape index (κ2) is 5.39. The summed E-state index contributed by atoms with van der Waals surface area (Å²) in [5, 5.41) is 0. The predicted molar refractivity (Wildman–Crippen MR) is 84.1 cm³/mol. The summed E-state index contributed by atoms with van der Waals surface area (Å²) in [5.41, 5.74) is 3.13. The van der Waals surface area contributed by atoms with Crippen molar-refractivity contribution in [1.82, 2.24) is 0 Å². The van der Waals surface area contributed by atoms with Gasteiger partial charge in [-0.2, -0.15) is 0 Å². The molecule has 0 aliphatic carbocycles. The lowest BCUT2D eigenvalue weighted by Crippen LogP contribution is -2.20. The Bertz CT molecular complexity index is 627. The molecule has 2 nitrogen and oxygen atoms in total. The summed E-state index contributed by atoms with van der Waals surface area (Å²) < 4.78 is 11.2. The van der Waals surface area contributed by atoms with Crippen molar-refractivity contribution in [3.63, 3.8) is 0 Å². The maximum Gasteiger partial charge on any atom is 0.129 e. The average Bonchev–Trinajstić information content (AvgIpc) is 2.47. The zero-order valence-corrected chi connectivity index (χ0v) is 12.6. The highest BCUT2D eigenvalue weighted by atomic mass is 79.9.